The summed E-state index contributed by atoms with van der Waals surface area (Å²) < 4.78 is 11.1. The molecule has 0 radical (unpaired) electrons. The average molecular weight is 267 g/mol. The van der Waals surface area contributed by atoms with Crippen LogP contribution in [0, 0.1) is 5.92 Å². The molecule has 0 spiro atoms. The largest absolute Gasteiger partial charge is 0.370 e. The Morgan fingerprint density at radius 1 is 1.42 bits per heavy atom. The van der Waals surface area contributed by atoms with Gasteiger partial charge in [0.2, 0.25) is 11.7 Å². The minimum atomic E-state index is -0.368. The number of ether oxygens (including phenoxy) is 1. The smallest absolute Gasteiger partial charge is 0.228 e. The maximum atomic E-state index is 5.98. The zero-order chi connectivity index (χ0) is 14.1. The van der Waals surface area contributed by atoms with Crippen molar-refractivity contribution in [3.8, 4) is 0 Å². The summed E-state index contributed by atoms with van der Waals surface area (Å²) in [5, 5.41) is 4.13. The molecule has 19 heavy (non-hydrogen) atoms. The van der Waals surface area contributed by atoms with E-state index in [9.17, 15) is 0 Å². The summed E-state index contributed by atoms with van der Waals surface area (Å²) in [5.41, 5.74) is 5.27. The van der Waals surface area contributed by atoms with Crippen LogP contribution in [0.15, 0.2) is 4.52 Å². The molecule has 108 valence electrons. The van der Waals surface area contributed by atoms with Gasteiger partial charge in [-0.05, 0) is 45.4 Å². The third-order valence-electron chi connectivity index (χ3n) is 3.96. The topological polar surface area (TPSA) is 74.2 Å². The fourth-order valence-electron chi connectivity index (χ4n) is 2.65. The molecular weight excluding hydrogens is 242 g/mol. The molecule has 2 rings (SSSR count). The quantitative estimate of drug-likeness (QED) is 0.906. The predicted octanol–water partition coefficient (Wildman–Crippen LogP) is 2.40. The number of nitrogens with zero attached hydrogens (tertiary/aromatic N) is 2. The Labute approximate surface area is 114 Å². The van der Waals surface area contributed by atoms with Crippen LogP contribution in [-0.4, -0.2) is 22.8 Å². The van der Waals surface area contributed by atoms with Gasteiger partial charge in [-0.1, -0.05) is 12.1 Å². The molecule has 0 atom stereocenters. The highest BCUT2D eigenvalue weighted by Gasteiger charge is 2.40. The summed E-state index contributed by atoms with van der Waals surface area (Å²) in [6.45, 7) is 6.18. The van der Waals surface area contributed by atoms with Gasteiger partial charge in [0.15, 0.2) is 0 Å². The van der Waals surface area contributed by atoms with Crippen molar-refractivity contribution in [2.45, 2.75) is 64.0 Å². The van der Waals surface area contributed by atoms with Crippen LogP contribution in [0.3, 0.4) is 0 Å². The van der Waals surface area contributed by atoms with Crippen molar-refractivity contribution in [1.29, 1.82) is 0 Å². The second kappa shape index (κ2) is 5.21. The first kappa shape index (κ1) is 14.5. The molecule has 0 aromatic carbocycles. The van der Waals surface area contributed by atoms with Crippen molar-refractivity contribution >= 4 is 0 Å². The molecule has 0 unspecified atom stereocenters. The lowest BCUT2D eigenvalue weighted by atomic mass is 9.79. The van der Waals surface area contributed by atoms with Gasteiger partial charge < -0.3 is 15.0 Å². The van der Waals surface area contributed by atoms with E-state index >= 15 is 0 Å². The van der Waals surface area contributed by atoms with E-state index in [0.29, 0.717) is 18.1 Å². The SMILES string of the molecule is COC1(c2noc(CC(C)(C)N)n2)CCC(C)CC1. The summed E-state index contributed by atoms with van der Waals surface area (Å²) in [5.74, 6) is 2.02. The van der Waals surface area contributed by atoms with Crippen LogP contribution >= 0.6 is 0 Å². The van der Waals surface area contributed by atoms with Gasteiger partial charge in [-0.2, -0.15) is 4.98 Å². The van der Waals surface area contributed by atoms with Crippen LogP contribution in [-0.2, 0) is 16.8 Å². The fraction of sp³-hybridized carbons (Fsp3) is 0.857. The maximum Gasteiger partial charge on any atom is 0.228 e. The van der Waals surface area contributed by atoms with Crippen LogP contribution in [0.25, 0.3) is 0 Å². The summed E-state index contributed by atoms with van der Waals surface area (Å²) in [7, 11) is 1.74. The average Bonchev–Trinajstić information content (AvgIpc) is 2.77. The second-order valence-corrected chi connectivity index (χ2v) is 6.56. The van der Waals surface area contributed by atoms with Crippen molar-refractivity contribution in [3.63, 3.8) is 0 Å². The van der Waals surface area contributed by atoms with Crippen LogP contribution in [0.5, 0.6) is 0 Å². The molecule has 5 nitrogen and oxygen atoms in total. The third-order valence-corrected chi connectivity index (χ3v) is 3.96. The minimum Gasteiger partial charge on any atom is -0.370 e. The highest BCUT2D eigenvalue weighted by Crippen LogP contribution is 2.40. The highest BCUT2D eigenvalue weighted by molar-refractivity contribution is 5.05. The summed E-state index contributed by atoms with van der Waals surface area (Å²) >= 11 is 0. The first-order valence-corrected chi connectivity index (χ1v) is 7.02. The molecule has 1 aliphatic carbocycles. The van der Waals surface area contributed by atoms with Crippen molar-refractivity contribution < 1.29 is 9.26 Å². The summed E-state index contributed by atoms with van der Waals surface area (Å²) in [4.78, 5) is 4.50. The van der Waals surface area contributed by atoms with E-state index in [1.54, 1.807) is 7.11 Å². The van der Waals surface area contributed by atoms with Crippen LogP contribution in [0.2, 0.25) is 0 Å². The standard InChI is InChI=1S/C14H25N3O2/c1-10-5-7-14(18-4,8-6-10)12-16-11(19-17-12)9-13(2,3)15/h10H,5-9,15H2,1-4H3. The predicted molar refractivity (Wildman–Crippen MR) is 72.6 cm³/mol. The van der Waals surface area contributed by atoms with E-state index in [2.05, 4.69) is 17.1 Å². The Morgan fingerprint density at radius 2 is 2.05 bits per heavy atom. The number of nitrogens with two attached hydrogens (primary N) is 1. The molecule has 1 heterocycles. The number of methoxy groups -OCH3 is 1. The zero-order valence-electron chi connectivity index (χ0n) is 12.4. The van der Waals surface area contributed by atoms with E-state index in [1.807, 2.05) is 13.8 Å². The summed E-state index contributed by atoms with van der Waals surface area (Å²) in [6.07, 6.45) is 4.77. The van der Waals surface area contributed by atoms with Gasteiger partial charge in [-0.25, -0.2) is 0 Å². The summed E-state index contributed by atoms with van der Waals surface area (Å²) in [6, 6.07) is 0. The van der Waals surface area contributed by atoms with Gasteiger partial charge >= 0.3 is 0 Å². The van der Waals surface area contributed by atoms with Crippen molar-refractivity contribution in [2.24, 2.45) is 11.7 Å². The molecule has 1 aromatic rings. The third kappa shape index (κ3) is 3.34. The second-order valence-electron chi connectivity index (χ2n) is 6.56. The Balaban J connectivity index is 2.16. The van der Waals surface area contributed by atoms with E-state index in [1.165, 1.54) is 0 Å². The lowest BCUT2D eigenvalue weighted by Crippen LogP contribution is -2.35. The van der Waals surface area contributed by atoms with Gasteiger partial charge in [-0.15, -0.1) is 0 Å². The van der Waals surface area contributed by atoms with Gasteiger partial charge in [0.25, 0.3) is 0 Å². The first-order valence-electron chi connectivity index (χ1n) is 7.02. The number of rotatable bonds is 4. The maximum absolute atomic E-state index is 5.98. The number of aromatic nitrogens is 2. The van der Waals surface area contributed by atoms with Gasteiger partial charge in [0.1, 0.15) is 5.60 Å². The molecule has 2 N–H and O–H groups in total. The minimum absolute atomic E-state index is 0.342. The lowest BCUT2D eigenvalue weighted by Gasteiger charge is -2.35. The molecule has 0 aliphatic heterocycles. The molecule has 1 saturated carbocycles. The Hall–Kier alpha value is -0.940. The first-order chi connectivity index (χ1) is 8.85. The Bertz CT molecular complexity index is 415. The molecule has 5 heteroatoms. The van der Waals surface area contributed by atoms with Crippen LogP contribution in [0.1, 0.15) is 58.2 Å². The number of hydrogen-bond donors (Lipinski definition) is 1. The van der Waals surface area contributed by atoms with Crippen molar-refractivity contribution in [3.05, 3.63) is 11.7 Å². The molecule has 1 fully saturated rings. The molecule has 0 amide bonds. The van der Waals surface area contributed by atoms with E-state index in [4.69, 9.17) is 15.0 Å². The van der Waals surface area contributed by atoms with E-state index in [0.717, 1.165) is 31.6 Å². The molecule has 0 bridgehead atoms. The normalized spacial score (nSPS) is 28.6. The molecule has 1 aliphatic rings. The Morgan fingerprint density at radius 3 is 2.58 bits per heavy atom. The molecular formula is C14H25N3O2. The molecule has 0 saturated heterocycles. The lowest BCUT2D eigenvalue weighted by molar-refractivity contribution is -0.0609. The van der Waals surface area contributed by atoms with Crippen LogP contribution < -0.4 is 5.73 Å². The van der Waals surface area contributed by atoms with Crippen molar-refractivity contribution in [1.82, 2.24) is 10.1 Å². The van der Waals surface area contributed by atoms with Gasteiger partial charge in [0.05, 0.1) is 0 Å². The molecule has 1 aromatic heterocycles. The highest BCUT2D eigenvalue weighted by atomic mass is 16.5. The monoisotopic (exact) mass is 267 g/mol. The van der Waals surface area contributed by atoms with E-state index < -0.39 is 0 Å². The fourth-order valence-corrected chi connectivity index (χ4v) is 2.65. The Kier molecular flexibility index (Phi) is 3.97. The van der Waals surface area contributed by atoms with Gasteiger partial charge in [0, 0.05) is 19.1 Å². The van der Waals surface area contributed by atoms with Crippen molar-refractivity contribution in [2.75, 3.05) is 7.11 Å². The zero-order valence-corrected chi connectivity index (χ0v) is 12.4. The van der Waals surface area contributed by atoms with E-state index in [-0.39, 0.29) is 11.1 Å². The number of hydrogen-bond acceptors (Lipinski definition) is 5. The van der Waals surface area contributed by atoms with Gasteiger partial charge in [-0.3, -0.25) is 0 Å². The van der Waals surface area contributed by atoms with Crippen LogP contribution in [0.4, 0.5) is 0 Å².